The van der Waals surface area contributed by atoms with E-state index in [-0.39, 0.29) is 25.7 Å². The highest BCUT2D eigenvalue weighted by molar-refractivity contribution is 6.31. The van der Waals surface area contributed by atoms with Crippen LogP contribution >= 0.6 is 0 Å². The van der Waals surface area contributed by atoms with E-state index in [1.807, 2.05) is 0 Å². The molecule has 8 nitrogen and oxygen atoms in total. The summed E-state index contributed by atoms with van der Waals surface area (Å²) in [5, 5.41) is 0. The second-order valence-electron chi connectivity index (χ2n) is 12.4. The van der Waals surface area contributed by atoms with Gasteiger partial charge < -0.3 is 0 Å². The standard InChI is InChI=1S/C34H44N2O6/c1-5-19-33(20-6-2)27(37)25(29(39)35(31(33)41)23-15-11-9-12-16-23)26-28(38)34(21-7-3,22-8-4)32(42)36(30(26)40)24-17-13-10-14-18-24/h5-8,23-26H,1-4,9-22H2. The lowest BCUT2D eigenvalue weighted by atomic mass is 9.59. The van der Waals surface area contributed by atoms with Crippen molar-refractivity contribution in [2.24, 2.45) is 22.7 Å². The number of amides is 4. The van der Waals surface area contributed by atoms with Crippen molar-refractivity contribution in [3.05, 3.63) is 50.6 Å². The maximum absolute atomic E-state index is 14.5. The van der Waals surface area contributed by atoms with Crippen LogP contribution in [0.3, 0.4) is 0 Å². The lowest BCUT2D eigenvalue weighted by Crippen LogP contribution is -2.70. The van der Waals surface area contributed by atoms with Gasteiger partial charge in [-0.3, -0.25) is 38.6 Å². The van der Waals surface area contributed by atoms with Gasteiger partial charge in [0, 0.05) is 12.1 Å². The third-order valence-corrected chi connectivity index (χ3v) is 9.96. The molecule has 0 aromatic heterocycles. The summed E-state index contributed by atoms with van der Waals surface area (Å²) in [7, 11) is 0. The molecule has 42 heavy (non-hydrogen) atoms. The van der Waals surface area contributed by atoms with Crippen molar-refractivity contribution in [1.29, 1.82) is 0 Å². The van der Waals surface area contributed by atoms with Gasteiger partial charge in [-0.15, -0.1) is 26.3 Å². The molecule has 2 unspecified atom stereocenters. The Balaban J connectivity index is 1.93. The number of rotatable bonds is 11. The zero-order valence-corrected chi connectivity index (χ0v) is 24.7. The Morgan fingerprint density at radius 1 is 0.524 bits per heavy atom. The van der Waals surface area contributed by atoms with Gasteiger partial charge in [0.2, 0.25) is 23.6 Å². The molecule has 0 radical (unpaired) electrons. The summed E-state index contributed by atoms with van der Waals surface area (Å²) in [5.41, 5.74) is -3.42. The van der Waals surface area contributed by atoms with Gasteiger partial charge in [-0.05, 0) is 51.4 Å². The first-order valence-corrected chi connectivity index (χ1v) is 15.4. The lowest BCUT2D eigenvalue weighted by molar-refractivity contribution is -0.183. The van der Waals surface area contributed by atoms with Crippen molar-refractivity contribution in [2.75, 3.05) is 0 Å². The Morgan fingerprint density at radius 2 is 0.810 bits per heavy atom. The highest BCUT2D eigenvalue weighted by Crippen LogP contribution is 2.49. The topological polar surface area (TPSA) is 109 Å². The lowest BCUT2D eigenvalue weighted by Gasteiger charge is -2.50. The number of hydrogen-bond donors (Lipinski definition) is 0. The number of hydrogen-bond acceptors (Lipinski definition) is 6. The summed E-state index contributed by atoms with van der Waals surface area (Å²) in [6.07, 6.45) is 13.2. The highest BCUT2D eigenvalue weighted by atomic mass is 16.2. The fourth-order valence-electron chi connectivity index (χ4n) is 7.85. The summed E-state index contributed by atoms with van der Waals surface area (Å²) >= 11 is 0. The molecule has 4 rings (SSSR count). The minimum Gasteiger partial charge on any atom is -0.298 e. The molecule has 2 saturated heterocycles. The molecule has 2 saturated carbocycles. The third kappa shape index (κ3) is 4.96. The van der Waals surface area contributed by atoms with Crippen LogP contribution in [0.4, 0.5) is 0 Å². The van der Waals surface area contributed by atoms with Crippen molar-refractivity contribution in [3.63, 3.8) is 0 Å². The highest BCUT2D eigenvalue weighted by Gasteiger charge is 2.67. The number of likely N-dealkylation sites (tertiary alicyclic amines) is 2. The number of allylic oxidation sites excluding steroid dienone is 4. The first-order valence-electron chi connectivity index (χ1n) is 15.4. The summed E-state index contributed by atoms with van der Waals surface area (Å²) in [5.74, 6) is -7.82. The van der Waals surface area contributed by atoms with E-state index in [4.69, 9.17) is 0 Å². The van der Waals surface area contributed by atoms with E-state index >= 15 is 0 Å². The number of ketones is 2. The van der Waals surface area contributed by atoms with Crippen LogP contribution in [-0.2, 0) is 28.8 Å². The number of Topliss-reactive ketones (excluding diaryl/α,β-unsaturated/α-hetero) is 2. The van der Waals surface area contributed by atoms with E-state index in [0.29, 0.717) is 25.7 Å². The van der Waals surface area contributed by atoms with Crippen molar-refractivity contribution in [2.45, 2.75) is 102 Å². The minimum absolute atomic E-state index is 0.0610. The molecule has 0 spiro atoms. The molecular weight excluding hydrogens is 532 g/mol. The van der Waals surface area contributed by atoms with E-state index < -0.39 is 69.9 Å². The Bertz CT molecular complexity index is 1080. The van der Waals surface area contributed by atoms with Gasteiger partial charge in [-0.2, -0.15) is 0 Å². The molecule has 0 aromatic carbocycles. The molecule has 4 aliphatic rings. The Labute approximate surface area is 248 Å². The molecule has 2 atom stereocenters. The van der Waals surface area contributed by atoms with Crippen LogP contribution in [0.1, 0.15) is 89.9 Å². The van der Waals surface area contributed by atoms with E-state index in [0.717, 1.165) is 38.5 Å². The van der Waals surface area contributed by atoms with Crippen molar-refractivity contribution >= 4 is 35.2 Å². The van der Waals surface area contributed by atoms with Crippen molar-refractivity contribution < 1.29 is 28.8 Å². The van der Waals surface area contributed by atoms with E-state index in [1.165, 1.54) is 34.1 Å². The maximum atomic E-state index is 14.5. The predicted octanol–water partition coefficient (Wildman–Crippen LogP) is 5.04. The van der Waals surface area contributed by atoms with E-state index in [1.54, 1.807) is 0 Å². The van der Waals surface area contributed by atoms with Gasteiger partial charge in [0.15, 0.2) is 11.6 Å². The molecule has 0 bridgehead atoms. The van der Waals surface area contributed by atoms with Gasteiger partial charge in [-0.25, -0.2) is 0 Å². The molecule has 2 heterocycles. The molecular formula is C34H44N2O6. The number of piperidine rings is 2. The zero-order chi connectivity index (χ0) is 30.7. The largest absolute Gasteiger partial charge is 0.298 e. The SMILES string of the molecule is C=CCC1(CC=C)C(=O)C(C2C(=O)N(C3CCCCC3)C(=O)C(CC=C)(CC=C)C2=O)C(=O)N(C2CCCCC2)C1=O. The van der Waals surface area contributed by atoms with Crippen LogP contribution in [0.25, 0.3) is 0 Å². The second kappa shape index (κ2) is 12.8. The van der Waals surface area contributed by atoms with Crippen LogP contribution in [0.5, 0.6) is 0 Å². The average molecular weight is 577 g/mol. The normalized spacial score (nSPS) is 27.2. The Morgan fingerprint density at radius 3 is 1.07 bits per heavy atom. The molecule has 0 N–H and O–H groups in total. The minimum atomic E-state index is -1.72. The molecule has 2 aliphatic heterocycles. The first kappa shape index (κ1) is 31.5. The van der Waals surface area contributed by atoms with Gasteiger partial charge in [0.05, 0.1) is 0 Å². The van der Waals surface area contributed by atoms with Crippen LogP contribution in [0.15, 0.2) is 50.6 Å². The fraction of sp³-hybridized carbons (Fsp3) is 0.588. The number of carbonyl (C=O) groups excluding carboxylic acids is 6. The van der Waals surface area contributed by atoms with E-state index in [2.05, 4.69) is 26.3 Å². The molecule has 4 fully saturated rings. The first-order chi connectivity index (χ1) is 20.2. The molecule has 8 heteroatoms. The second-order valence-corrected chi connectivity index (χ2v) is 12.4. The van der Waals surface area contributed by atoms with Crippen LogP contribution in [0.2, 0.25) is 0 Å². The summed E-state index contributed by atoms with van der Waals surface area (Å²) in [6.45, 7) is 15.1. The van der Waals surface area contributed by atoms with Crippen molar-refractivity contribution in [3.8, 4) is 0 Å². The van der Waals surface area contributed by atoms with Gasteiger partial charge in [-0.1, -0.05) is 62.8 Å². The molecule has 226 valence electrons. The van der Waals surface area contributed by atoms with Gasteiger partial charge >= 0.3 is 0 Å². The zero-order valence-electron chi connectivity index (χ0n) is 24.7. The van der Waals surface area contributed by atoms with Crippen LogP contribution < -0.4 is 0 Å². The van der Waals surface area contributed by atoms with E-state index in [9.17, 15) is 28.8 Å². The third-order valence-electron chi connectivity index (χ3n) is 9.96. The van der Waals surface area contributed by atoms with Gasteiger partial charge in [0.25, 0.3) is 0 Å². The smallest absolute Gasteiger partial charge is 0.243 e. The van der Waals surface area contributed by atoms with Crippen LogP contribution in [0, 0.1) is 22.7 Å². The number of carbonyl (C=O) groups is 6. The van der Waals surface area contributed by atoms with Gasteiger partial charge in [0.1, 0.15) is 22.7 Å². The summed E-state index contributed by atoms with van der Waals surface area (Å²) in [6, 6.07) is -0.862. The Hall–Kier alpha value is -3.42. The average Bonchev–Trinajstić information content (AvgIpc) is 2.98. The maximum Gasteiger partial charge on any atom is 0.243 e. The summed E-state index contributed by atoms with van der Waals surface area (Å²) < 4.78 is 0. The van der Waals surface area contributed by atoms with Crippen molar-refractivity contribution in [1.82, 2.24) is 9.80 Å². The Kier molecular flexibility index (Phi) is 9.63. The predicted molar refractivity (Wildman–Crippen MR) is 159 cm³/mol. The molecule has 2 aliphatic carbocycles. The monoisotopic (exact) mass is 576 g/mol. The quantitative estimate of drug-likeness (QED) is 0.194. The fourth-order valence-corrected chi connectivity index (χ4v) is 7.85. The molecule has 4 amide bonds. The number of nitrogens with zero attached hydrogens (tertiary/aromatic N) is 2. The molecule has 0 aromatic rings. The van der Waals surface area contributed by atoms with Crippen LogP contribution in [-0.4, -0.2) is 57.1 Å². The summed E-state index contributed by atoms with van der Waals surface area (Å²) in [4.78, 5) is 88.6. The number of imide groups is 2.